The minimum absolute atomic E-state index is 0.148. The van der Waals surface area contributed by atoms with Gasteiger partial charge >= 0.3 is 0 Å². The third-order valence-electron chi connectivity index (χ3n) is 5.30. The van der Waals surface area contributed by atoms with Crippen LogP contribution in [0.25, 0.3) is 0 Å². The Morgan fingerprint density at radius 2 is 1.58 bits per heavy atom. The van der Waals surface area contributed by atoms with Crippen LogP contribution in [0.2, 0.25) is 0 Å². The lowest BCUT2D eigenvalue weighted by molar-refractivity contribution is -0.124. The van der Waals surface area contributed by atoms with Crippen LogP contribution in [-0.4, -0.2) is 39.4 Å². The predicted octanol–water partition coefficient (Wildman–Crippen LogP) is 3.93. The lowest BCUT2D eigenvalue weighted by Crippen LogP contribution is -2.39. The minimum atomic E-state index is -0.829. The molecule has 1 unspecified atom stereocenters. The quantitative estimate of drug-likeness (QED) is 0.535. The van der Waals surface area contributed by atoms with E-state index in [1.165, 1.54) is 53.4 Å². The summed E-state index contributed by atoms with van der Waals surface area (Å²) in [7, 11) is 0. The topological polar surface area (TPSA) is 65.5 Å². The first kappa shape index (κ1) is 22.5. The van der Waals surface area contributed by atoms with E-state index < -0.39 is 23.6 Å². The van der Waals surface area contributed by atoms with Crippen molar-refractivity contribution in [3.8, 4) is 0 Å². The molecule has 0 spiro atoms. The maximum atomic E-state index is 13.4. The Bertz CT molecular complexity index is 1160. The molecule has 1 aliphatic heterocycles. The van der Waals surface area contributed by atoms with E-state index in [1.807, 2.05) is 12.1 Å². The van der Waals surface area contributed by atoms with Crippen molar-refractivity contribution < 1.29 is 18.4 Å². The van der Waals surface area contributed by atoms with Gasteiger partial charge in [0.2, 0.25) is 5.91 Å². The molecule has 168 valence electrons. The molecule has 33 heavy (non-hydrogen) atoms. The van der Waals surface area contributed by atoms with Gasteiger partial charge in [-0.25, -0.2) is 8.78 Å². The number of amides is 2. The maximum absolute atomic E-state index is 13.4. The standard InChI is InChI=1S/C24H20F2N4O2S/c25-17-1-5-19(6-2-17)28-22(31)15-21-23(32)30(20-7-3-18(26)4-8-20)24(33)29(21)14-11-16-9-12-27-13-10-16/h1-10,12-13,21H,11,14-15H2,(H,28,31). The zero-order valence-electron chi connectivity index (χ0n) is 17.4. The van der Waals surface area contributed by atoms with Gasteiger partial charge in [0.05, 0.1) is 12.1 Å². The molecule has 1 aliphatic rings. The summed E-state index contributed by atoms with van der Waals surface area (Å²) in [4.78, 5) is 33.1. The highest BCUT2D eigenvalue weighted by Crippen LogP contribution is 2.28. The Kier molecular flexibility index (Phi) is 6.69. The van der Waals surface area contributed by atoms with Gasteiger partial charge in [-0.15, -0.1) is 0 Å². The molecule has 0 saturated carbocycles. The Morgan fingerprint density at radius 1 is 0.970 bits per heavy atom. The summed E-state index contributed by atoms with van der Waals surface area (Å²) in [6, 6.07) is 13.7. The number of carbonyl (C=O) groups excluding carboxylic acids is 2. The summed E-state index contributed by atoms with van der Waals surface area (Å²) in [5.41, 5.74) is 1.87. The van der Waals surface area contributed by atoms with E-state index in [9.17, 15) is 18.4 Å². The molecule has 0 radical (unpaired) electrons. The molecule has 1 atom stereocenters. The number of benzene rings is 2. The smallest absolute Gasteiger partial charge is 0.256 e. The van der Waals surface area contributed by atoms with Crippen LogP contribution in [-0.2, 0) is 16.0 Å². The first-order valence-electron chi connectivity index (χ1n) is 10.3. The number of pyridine rings is 1. The number of aromatic nitrogens is 1. The number of thiocarbonyl (C=S) groups is 1. The number of anilines is 2. The highest BCUT2D eigenvalue weighted by atomic mass is 32.1. The summed E-state index contributed by atoms with van der Waals surface area (Å²) in [6.07, 6.45) is 3.80. The fraction of sp³-hybridized carbons (Fsp3) is 0.167. The number of hydrogen-bond acceptors (Lipinski definition) is 4. The van der Waals surface area contributed by atoms with Crippen molar-refractivity contribution in [2.24, 2.45) is 0 Å². The van der Waals surface area contributed by atoms with Crippen molar-refractivity contribution in [1.29, 1.82) is 0 Å². The molecule has 6 nitrogen and oxygen atoms in total. The molecule has 2 amide bonds. The van der Waals surface area contributed by atoms with Gasteiger partial charge in [-0.1, -0.05) is 0 Å². The molecule has 1 aromatic heterocycles. The van der Waals surface area contributed by atoms with Gasteiger partial charge in [0, 0.05) is 24.6 Å². The second kappa shape index (κ2) is 9.83. The highest BCUT2D eigenvalue weighted by Gasteiger charge is 2.43. The third kappa shape index (κ3) is 5.20. The molecular formula is C24H20F2N4O2S. The molecule has 4 rings (SSSR count). The maximum Gasteiger partial charge on any atom is 0.256 e. The van der Waals surface area contributed by atoms with Crippen LogP contribution in [0.5, 0.6) is 0 Å². The van der Waals surface area contributed by atoms with E-state index in [4.69, 9.17) is 12.2 Å². The molecule has 1 N–H and O–H groups in total. The van der Waals surface area contributed by atoms with E-state index >= 15 is 0 Å². The Labute approximate surface area is 194 Å². The summed E-state index contributed by atoms with van der Waals surface area (Å²) in [5, 5.41) is 2.93. The lowest BCUT2D eigenvalue weighted by Gasteiger charge is -2.24. The van der Waals surface area contributed by atoms with Crippen molar-refractivity contribution in [2.45, 2.75) is 18.9 Å². The fourth-order valence-corrected chi connectivity index (χ4v) is 4.05. The van der Waals surface area contributed by atoms with E-state index in [0.29, 0.717) is 24.3 Å². The minimum Gasteiger partial charge on any atom is -0.336 e. The fourth-order valence-electron chi connectivity index (χ4n) is 3.64. The molecule has 9 heteroatoms. The Morgan fingerprint density at radius 3 is 2.21 bits per heavy atom. The highest BCUT2D eigenvalue weighted by molar-refractivity contribution is 7.80. The zero-order chi connectivity index (χ0) is 23.4. The average molecular weight is 467 g/mol. The van der Waals surface area contributed by atoms with Gasteiger partial charge in [-0.2, -0.15) is 0 Å². The molecule has 1 fully saturated rings. The van der Waals surface area contributed by atoms with Crippen LogP contribution in [0.15, 0.2) is 73.1 Å². The van der Waals surface area contributed by atoms with Gasteiger partial charge < -0.3 is 10.2 Å². The molecule has 3 aromatic rings. The van der Waals surface area contributed by atoms with Crippen LogP contribution in [0.3, 0.4) is 0 Å². The zero-order valence-corrected chi connectivity index (χ0v) is 18.3. The van der Waals surface area contributed by atoms with Crippen LogP contribution >= 0.6 is 12.2 Å². The monoisotopic (exact) mass is 466 g/mol. The summed E-state index contributed by atoms with van der Waals surface area (Å²) in [5.74, 6) is -1.61. The number of nitrogens with one attached hydrogen (secondary N) is 1. The van der Waals surface area contributed by atoms with E-state index in [-0.39, 0.29) is 17.4 Å². The molecule has 1 saturated heterocycles. The molecule has 2 heterocycles. The SMILES string of the molecule is O=C(CC1C(=O)N(c2ccc(F)cc2)C(=S)N1CCc1ccncc1)Nc1ccc(F)cc1. The Balaban J connectivity index is 1.55. The number of nitrogens with zero attached hydrogens (tertiary/aromatic N) is 3. The first-order chi connectivity index (χ1) is 15.9. The second-order valence-corrected chi connectivity index (χ2v) is 7.87. The number of carbonyl (C=O) groups is 2. The first-order valence-corrected chi connectivity index (χ1v) is 10.7. The van der Waals surface area contributed by atoms with Gasteiger partial charge in [0.25, 0.3) is 5.91 Å². The van der Waals surface area contributed by atoms with Crippen molar-refractivity contribution in [3.05, 3.63) is 90.3 Å². The summed E-state index contributed by atoms with van der Waals surface area (Å²) in [6.45, 7) is 0.404. The van der Waals surface area contributed by atoms with E-state index in [2.05, 4.69) is 10.3 Å². The van der Waals surface area contributed by atoms with Crippen molar-refractivity contribution in [2.75, 3.05) is 16.8 Å². The average Bonchev–Trinajstić information content (AvgIpc) is 3.04. The van der Waals surface area contributed by atoms with Crippen LogP contribution < -0.4 is 10.2 Å². The lowest BCUT2D eigenvalue weighted by atomic mass is 10.1. The van der Waals surface area contributed by atoms with E-state index in [1.54, 1.807) is 17.3 Å². The van der Waals surface area contributed by atoms with Gasteiger partial charge in [0.1, 0.15) is 17.7 Å². The number of halogens is 2. The van der Waals surface area contributed by atoms with Crippen LogP contribution in [0.4, 0.5) is 20.2 Å². The second-order valence-electron chi connectivity index (χ2n) is 7.51. The van der Waals surface area contributed by atoms with E-state index in [0.717, 1.165) is 5.56 Å². The van der Waals surface area contributed by atoms with Gasteiger partial charge in [-0.3, -0.25) is 19.5 Å². The predicted molar refractivity (Wildman–Crippen MR) is 125 cm³/mol. The van der Waals surface area contributed by atoms with Gasteiger partial charge in [0.15, 0.2) is 5.11 Å². The third-order valence-corrected chi connectivity index (χ3v) is 5.72. The van der Waals surface area contributed by atoms with Crippen LogP contribution in [0.1, 0.15) is 12.0 Å². The number of hydrogen-bond donors (Lipinski definition) is 1. The molecule has 0 aliphatic carbocycles. The largest absolute Gasteiger partial charge is 0.336 e. The van der Waals surface area contributed by atoms with Crippen molar-refractivity contribution >= 4 is 40.5 Å². The van der Waals surface area contributed by atoms with Crippen LogP contribution in [0, 0.1) is 11.6 Å². The number of rotatable bonds is 7. The summed E-state index contributed by atoms with van der Waals surface area (Å²) < 4.78 is 26.5. The summed E-state index contributed by atoms with van der Waals surface area (Å²) >= 11 is 5.59. The van der Waals surface area contributed by atoms with Crippen molar-refractivity contribution in [1.82, 2.24) is 9.88 Å². The van der Waals surface area contributed by atoms with Gasteiger partial charge in [-0.05, 0) is 84.9 Å². The molecule has 0 bridgehead atoms. The molecule has 2 aromatic carbocycles. The Hall–Kier alpha value is -3.72. The van der Waals surface area contributed by atoms with Crippen molar-refractivity contribution in [3.63, 3.8) is 0 Å². The normalized spacial score (nSPS) is 15.8. The molecular weight excluding hydrogens is 446 g/mol.